The highest BCUT2D eigenvalue weighted by Crippen LogP contribution is 2.23. The predicted molar refractivity (Wildman–Crippen MR) is 99.8 cm³/mol. The summed E-state index contributed by atoms with van der Waals surface area (Å²) in [5.41, 5.74) is 4.07. The van der Waals surface area contributed by atoms with Crippen LogP contribution in [0.3, 0.4) is 0 Å². The molecule has 2 atom stereocenters. The first-order valence-corrected chi connectivity index (χ1v) is 9.92. The molecule has 0 amide bonds. The Hall–Kier alpha value is -1.65. The van der Waals surface area contributed by atoms with Crippen molar-refractivity contribution >= 4 is 10.0 Å². The average molecular weight is 346 g/mol. The number of hydrogen-bond acceptors (Lipinski definition) is 2. The van der Waals surface area contributed by atoms with Crippen molar-refractivity contribution in [2.45, 2.75) is 57.9 Å². The lowest BCUT2D eigenvalue weighted by atomic mass is 9.96. The third-order valence-corrected chi connectivity index (χ3v) is 6.27. The fourth-order valence-corrected chi connectivity index (χ4v) is 4.27. The van der Waals surface area contributed by atoms with E-state index in [0.29, 0.717) is 10.8 Å². The summed E-state index contributed by atoms with van der Waals surface area (Å²) in [5.74, 6) is 0.515. The van der Waals surface area contributed by atoms with Crippen LogP contribution in [0.4, 0.5) is 0 Å². The molecule has 2 aromatic rings. The van der Waals surface area contributed by atoms with Crippen LogP contribution in [0.2, 0.25) is 0 Å². The van der Waals surface area contributed by atoms with Crippen molar-refractivity contribution < 1.29 is 8.42 Å². The summed E-state index contributed by atoms with van der Waals surface area (Å²) in [5, 5.41) is 0. The summed E-state index contributed by atoms with van der Waals surface area (Å²) in [6, 6.07) is 13.3. The Kier molecular flexibility index (Phi) is 5.83. The monoisotopic (exact) mass is 345 g/mol. The molecule has 3 nitrogen and oxygen atoms in total. The van der Waals surface area contributed by atoms with Crippen LogP contribution in [0.15, 0.2) is 47.4 Å². The van der Waals surface area contributed by atoms with E-state index in [-0.39, 0.29) is 6.04 Å². The highest BCUT2D eigenvalue weighted by Gasteiger charge is 2.20. The molecule has 130 valence electrons. The standard InChI is InChI=1S/C20H27NO2S/c1-6-15(3)18-8-10-19(11-9-18)17(5)21-24(22,23)20-12-7-14(2)13-16(20)4/h7-13,15,17,21H,6H2,1-5H3. The molecule has 0 bridgehead atoms. The van der Waals surface area contributed by atoms with Crippen LogP contribution in [0.25, 0.3) is 0 Å². The Balaban J connectivity index is 2.20. The second-order valence-electron chi connectivity index (χ2n) is 6.59. The Bertz CT molecular complexity index is 795. The Morgan fingerprint density at radius 2 is 1.54 bits per heavy atom. The second kappa shape index (κ2) is 7.49. The first kappa shape index (κ1) is 18.7. The lowest BCUT2D eigenvalue weighted by Gasteiger charge is -2.17. The lowest BCUT2D eigenvalue weighted by Crippen LogP contribution is -2.27. The Labute approximate surface area is 146 Å². The smallest absolute Gasteiger partial charge is 0.207 e. The SMILES string of the molecule is CCC(C)c1ccc(C(C)NS(=O)(=O)c2ccc(C)cc2C)cc1. The van der Waals surface area contributed by atoms with Crippen molar-refractivity contribution in [3.63, 3.8) is 0 Å². The van der Waals surface area contributed by atoms with Gasteiger partial charge in [0.15, 0.2) is 0 Å². The highest BCUT2D eigenvalue weighted by atomic mass is 32.2. The minimum absolute atomic E-state index is 0.276. The quantitative estimate of drug-likeness (QED) is 0.813. The first-order chi connectivity index (χ1) is 11.2. The van der Waals surface area contributed by atoms with E-state index in [0.717, 1.165) is 23.1 Å². The van der Waals surface area contributed by atoms with E-state index in [2.05, 4.69) is 30.7 Å². The largest absolute Gasteiger partial charge is 0.241 e. The molecule has 1 N–H and O–H groups in total. The van der Waals surface area contributed by atoms with Gasteiger partial charge in [-0.2, -0.15) is 0 Å². The van der Waals surface area contributed by atoms with Gasteiger partial charge in [0.1, 0.15) is 0 Å². The van der Waals surface area contributed by atoms with Crippen molar-refractivity contribution in [3.05, 3.63) is 64.7 Å². The molecule has 0 fully saturated rings. The minimum Gasteiger partial charge on any atom is -0.207 e. The average Bonchev–Trinajstić information content (AvgIpc) is 2.53. The molecule has 0 aliphatic carbocycles. The van der Waals surface area contributed by atoms with Crippen molar-refractivity contribution in [1.29, 1.82) is 0 Å². The summed E-state index contributed by atoms with van der Waals surface area (Å²) in [7, 11) is -3.54. The van der Waals surface area contributed by atoms with Crippen molar-refractivity contribution in [2.75, 3.05) is 0 Å². The molecule has 24 heavy (non-hydrogen) atoms. The van der Waals surface area contributed by atoms with Crippen molar-refractivity contribution in [2.24, 2.45) is 0 Å². The fraction of sp³-hybridized carbons (Fsp3) is 0.400. The summed E-state index contributed by atoms with van der Waals surface area (Å²) < 4.78 is 28.1. The van der Waals surface area contributed by atoms with Gasteiger partial charge in [-0.15, -0.1) is 0 Å². The number of aryl methyl sites for hydroxylation is 2. The predicted octanol–water partition coefficient (Wildman–Crippen LogP) is 4.86. The fourth-order valence-electron chi connectivity index (χ4n) is 2.81. The van der Waals surface area contributed by atoms with Crippen molar-refractivity contribution in [1.82, 2.24) is 4.72 Å². The van der Waals surface area contributed by atoms with E-state index in [1.165, 1.54) is 5.56 Å². The first-order valence-electron chi connectivity index (χ1n) is 8.44. The van der Waals surface area contributed by atoms with Gasteiger partial charge in [0.05, 0.1) is 4.90 Å². The third kappa shape index (κ3) is 4.25. The summed E-state index contributed by atoms with van der Waals surface area (Å²) >= 11 is 0. The maximum Gasteiger partial charge on any atom is 0.241 e. The van der Waals surface area contributed by atoms with E-state index < -0.39 is 10.0 Å². The summed E-state index contributed by atoms with van der Waals surface area (Å²) in [6.07, 6.45) is 1.09. The molecule has 0 aliphatic heterocycles. The Morgan fingerprint density at radius 1 is 0.958 bits per heavy atom. The van der Waals surface area contributed by atoms with Gasteiger partial charge in [-0.25, -0.2) is 13.1 Å². The van der Waals surface area contributed by atoms with Gasteiger partial charge in [-0.05, 0) is 55.9 Å². The van der Waals surface area contributed by atoms with Gasteiger partial charge < -0.3 is 0 Å². The molecule has 0 saturated heterocycles. The topological polar surface area (TPSA) is 46.2 Å². The summed E-state index contributed by atoms with van der Waals surface area (Å²) in [4.78, 5) is 0.344. The maximum absolute atomic E-state index is 12.7. The summed E-state index contributed by atoms with van der Waals surface area (Å²) in [6.45, 7) is 10.0. The zero-order chi connectivity index (χ0) is 17.9. The molecule has 0 saturated carbocycles. The van der Waals surface area contributed by atoms with E-state index in [1.807, 2.05) is 45.0 Å². The molecular formula is C20H27NO2S. The van der Waals surface area contributed by atoms with Gasteiger partial charge in [0.25, 0.3) is 0 Å². The van der Waals surface area contributed by atoms with E-state index in [9.17, 15) is 8.42 Å². The zero-order valence-electron chi connectivity index (χ0n) is 15.1. The second-order valence-corrected chi connectivity index (χ2v) is 8.27. The number of benzene rings is 2. The zero-order valence-corrected chi connectivity index (χ0v) is 15.9. The maximum atomic E-state index is 12.7. The minimum atomic E-state index is -3.54. The molecule has 0 spiro atoms. The highest BCUT2D eigenvalue weighted by molar-refractivity contribution is 7.89. The lowest BCUT2D eigenvalue weighted by molar-refractivity contribution is 0.566. The molecule has 0 aromatic heterocycles. The molecule has 0 heterocycles. The van der Waals surface area contributed by atoms with Crippen LogP contribution in [0.1, 0.15) is 61.4 Å². The van der Waals surface area contributed by atoms with Gasteiger partial charge in [0, 0.05) is 6.04 Å². The van der Waals surface area contributed by atoms with Crippen LogP contribution in [0, 0.1) is 13.8 Å². The van der Waals surface area contributed by atoms with Gasteiger partial charge in [-0.1, -0.05) is 55.8 Å². The molecule has 4 heteroatoms. The van der Waals surface area contributed by atoms with Crippen LogP contribution in [-0.4, -0.2) is 8.42 Å². The van der Waals surface area contributed by atoms with Crippen LogP contribution in [0.5, 0.6) is 0 Å². The van der Waals surface area contributed by atoms with E-state index in [4.69, 9.17) is 0 Å². The third-order valence-electron chi connectivity index (χ3n) is 4.57. The number of rotatable bonds is 6. The number of hydrogen-bond donors (Lipinski definition) is 1. The molecule has 2 unspecified atom stereocenters. The number of nitrogens with one attached hydrogen (secondary N) is 1. The van der Waals surface area contributed by atoms with Crippen LogP contribution >= 0.6 is 0 Å². The van der Waals surface area contributed by atoms with Crippen LogP contribution < -0.4 is 4.72 Å². The van der Waals surface area contributed by atoms with E-state index >= 15 is 0 Å². The molecule has 2 aromatic carbocycles. The molecular weight excluding hydrogens is 318 g/mol. The van der Waals surface area contributed by atoms with Gasteiger partial charge in [0.2, 0.25) is 10.0 Å². The van der Waals surface area contributed by atoms with Crippen LogP contribution in [-0.2, 0) is 10.0 Å². The Morgan fingerprint density at radius 3 is 2.08 bits per heavy atom. The molecule has 0 aliphatic rings. The molecule has 2 rings (SSSR count). The normalized spacial score (nSPS) is 14.4. The molecule has 0 radical (unpaired) electrons. The van der Waals surface area contributed by atoms with Gasteiger partial charge >= 0.3 is 0 Å². The van der Waals surface area contributed by atoms with Crippen molar-refractivity contribution in [3.8, 4) is 0 Å². The van der Waals surface area contributed by atoms with Gasteiger partial charge in [-0.3, -0.25) is 0 Å². The number of sulfonamides is 1. The van der Waals surface area contributed by atoms with E-state index in [1.54, 1.807) is 6.07 Å².